The fourth-order valence-electron chi connectivity index (χ4n) is 4.01. The first-order valence-electron chi connectivity index (χ1n) is 10.7. The van der Waals surface area contributed by atoms with Crippen molar-refractivity contribution in [3.8, 4) is 11.4 Å². The Morgan fingerprint density at radius 1 is 1.10 bits per heavy atom. The molecular formula is C22H24F3N5O. The predicted molar refractivity (Wildman–Crippen MR) is 107 cm³/mol. The summed E-state index contributed by atoms with van der Waals surface area (Å²) in [4.78, 5) is 4.71. The van der Waals surface area contributed by atoms with Crippen molar-refractivity contribution < 1.29 is 17.9 Å². The van der Waals surface area contributed by atoms with Crippen LogP contribution < -0.4 is 0 Å². The van der Waals surface area contributed by atoms with E-state index in [4.69, 9.17) is 9.72 Å². The third kappa shape index (κ3) is 4.66. The molecule has 2 aliphatic rings. The molecule has 5 rings (SSSR count). The summed E-state index contributed by atoms with van der Waals surface area (Å²) in [7, 11) is 0. The molecular weight excluding hydrogens is 407 g/mol. The number of rotatable bonds is 6. The van der Waals surface area contributed by atoms with Crippen molar-refractivity contribution in [3.05, 3.63) is 53.6 Å². The zero-order chi connectivity index (χ0) is 21.4. The normalized spacial score (nSPS) is 17.9. The third-order valence-electron chi connectivity index (χ3n) is 5.88. The van der Waals surface area contributed by atoms with Crippen LogP contribution in [0.3, 0.4) is 0 Å². The summed E-state index contributed by atoms with van der Waals surface area (Å²) in [5.41, 5.74) is 0.776. The monoisotopic (exact) mass is 431 g/mol. The van der Waals surface area contributed by atoms with Crippen LogP contribution in [0, 0.1) is 5.92 Å². The average molecular weight is 431 g/mol. The first-order valence-corrected chi connectivity index (χ1v) is 10.7. The highest BCUT2D eigenvalue weighted by Crippen LogP contribution is 2.35. The molecule has 0 bridgehead atoms. The molecule has 2 aromatic heterocycles. The largest absolute Gasteiger partial charge is 0.416 e. The number of nitrogens with zero attached hydrogens (tertiary/aromatic N) is 5. The van der Waals surface area contributed by atoms with Crippen LogP contribution in [0.2, 0.25) is 0 Å². The first-order chi connectivity index (χ1) is 15.0. The number of halogens is 3. The molecule has 1 saturated carbocycles. The van der Waals surface area contributed by atoms with Gasteiger partial charge in [-0.05, 0) is 43.2 Å². The molecule has 0 spiro atoms. The van der Waals surface area contributed by atoms with Crippen LogP contribution >= 0.6 is 0 Å². The maximum atomic E-state index is 13.1. The van der Waals surface area contributed by atoms with E-state index in [0.717, 1.165) is 56.4 Å². The van der Waals surface area contributed by atoms with Crippen molar-refractivity contribution in [2.24, 2.45) is 5.92 Å². The SMILES string of the molecule is FC(F)(F)c1cccc(Cc2nc(-c3cnn(C4CC4)c3)n(CC3CCOCC3)n2)c1. The molecule has 3 heterocycles. The van der Waals surface area contributed by atoms with Crippen molar-refractivity contribution in [2.75, 3.05) is 13.2 Å². The molecule has 1 aliphatic heterocycles. The molecule has 164 valence electrons. The highest BCUT2D eigenvalue weighted by Gasteiger charge is 2.30. The highest BCUT2D eigenvalue weighted by atomic mass is 19.4. The van der Waals surface area contributed by atoms with E-state index in [2.05, 4.69) is 10.2 Å². The maximum Gasteiger partial charge on any atom is 0.416 e. The second kappa shape index (κ2) is 8.11. The number of ether oxygens (including phenoxy) is 1. The Morgan fingerprint density at radius 2 is 1.90 bits per heavy atom. The standard InChI is InChI=1S/C22H24F3N5O/c23-22(24,25)18-3-1-2-16(10-18)11-20-27-21(17-12-26-29(14-17)19-4-5-19)30(28-20)13-15-6-8-31-9-7-15/h1-3,10,12,14-15,19H,4-9,11,13H2. The molecule has 9 heteroatoms. The number of benzene rings is 1. The molecule has 0 amide bonds. The minimum atomic E-state index is -4.37. The Labute approximate surface area is 178 Å². The van der Waals surface area contributed by atoms with Crippen molar-refractivity contribution in [2.45, 2.75) is 50.9 Å². The van der Waals surface area contributed by atoms with Crippen LogP contribution in [0.4, 0.5) is 13.2 Å². The number of hydrogen-bond donors (Lipinski definition) is 0. The van der Waals surface area contributed by atoms with E-state index in [1.807, 2.05) is 15.6 Å². The Balaban J connectivity index is 1.43. The molecule has 31 heavy (non-hydrogen) atoms. The van der Waals surface area contributed by atoms with Crippen LogP contribution in [-0.2, 0) is 23.9 Å². The lowest BCUT2D eigenvalue weighted by molar-refractivity contribution is -0.137. The second-order valence-electron chi connectivity index (χ2n) is 8.40. The van der Waals surface area contributed by atoms with Crippen molar-refractivity contribution in [1.82, 2.24) is 24.5 Å². The van der Waals surface area contributed by atoms with Gasteiger partial charge < -0.3 is 4.74 Å². The van der Waals surface area contributed by atoms with E-state index >= 15 is 0 Å². The minimum absolute atomic E-state index is 0.245. The molecule has 1 saturated heterocycles. The Kier molecular flexibility index (Phi) is 5.29. The second-order valence-corrected chi connectivity index (χ2v) is 8.40. The van der Waals surface area contributed by atoms with Gasteiger partial charge in [0.05, 0.1) is 23.4 Å². The molecule has 3 aromatic rings. The molecule has 0 atom stereocenters. The predicted octanol–water partition coefficient (Wildman–Crippen LogP) is 4.51. The van der Waals surface area contributed by atoms with E-state index in [0.29, 0.717) is 29.9 Å². The van der Waals surface area contributed by atoms with Crippen LogP contribution in [0.1, 0.15) is 48.7 Å². The number of hydrogen-bond acceptors (Lipinski definition) is 4. The van der Waals surface area contributed by atoms with Crippen LogP contribution in [0.5, 0.6) is 0 Å². The lowest BCUT2D eigenvalue weighted by Crippen LogP contribution is -2.21. The van der Waals surface area contributed by atoms with Gasteiger partial charge in [0.15, 0.2) is 11.6 Å². The zero-order valence-corrected chi connectivity index (χ0v) is 17.1. The Morgan fingerprint density at radius 3 is 2.65 bits per heavy atom. The van der Waals surface area contributed by atoms with Crippen molar-refractivity contribution in [3.63, 3.8) is 0 Å². The Bertz CT molecular complexity index is 1050. The Hall–Kier alpha value is -2.68. The van der Waals surface area contributed by atoms with Gasteiger partial charge in [0.1, 0.15) is 0 Å². The van der Waals surface area contributed by atoms with Crippen molar-refractivity contribution >= 4 is 0 Å². The fraction of sp³-hybridized carbons (Fsp3) is 0.500. The summed E-state index contributed by atoms with van der Waals surface area (Å²) >= 11 is 0. The fourth-order valence-corrected chi connectivity index (χ4v) is 4.01. The lowest BCUT2D eigenvalue weighted by atomic mass is 10.0. The first kappa shape index (κ1) is 20.2. The van der Waals surface area contributed by atoms with E-state index in [9.17, 15) is 13.2 Å². The molecule has 6 nitrogen and oxygen atoms in total. The van der Waals surface area contributed by atoms with Crippen molar-refractivity contribution in [1.29, 1.82) is 0 Å². The maximum absolute atomic E-state index is 13.1. The molecule has 1 aliphatic carbocycles. The minimum Gasteiger partial charge on any atom is -0.381 e. The van der Waals surface area contributed by atoms with E-state index < -0.39 is 11.7 Å². The highest BCUT2D eigenvalue weighted by molar-refractivity contribution is 5.52. The van der Waals surface area contributed by atoms with Gasteiger partial charge in [-0.3, -0.25) is 4.68 Å². The molecule has 0 radical (unpaired) electrons. The van der Waals surface area contributed by atoms with Gasteiger partial charge >= 0.3 is 6.18 Å². The number of aromatic nitrogens is 5. The van der Waals surface area contributed by atoms with E-state index in [1.165, 1.54) is 12.1 Å². The average Bonchev–Trinajstić information content (AvgIpc) is 3.35. The summed E-state index contributed by atoms with van der Waals surface area (Å²) in [5.74, 6) is 1.68. The van der Waals surface area contributed by atoms with Gasteiger partial charge in [0.2, 0.25) is 0 Å². The molecule has 1 aromatic carbocycles. The summed E-state index contributed by atoms with van der Waals surface area (Å²) in [6.45, 7) is 2.19. The van der Waals surface area contributed by atoms with Gasteiger partial charge in [-0.15, -0.1) is 0 Å². The van der Waals surface area contributed by atoms with Gasteiger partial charge in [0.25, 0.3) is 0 Å². The van der Waals surface area contributed by atoms with Crippen LogP contribution in [0.25, 0.3) is 11.4 Å². The summed E-state index contributed by atoms with van der Waals surface area (Å²) < 4.78 is 48.5. The van der Waals surface area contributed by atoms with Gasteiger partial charge in [-0.1, -0.05) is 18.2 Å². The summed E-state index contributed by atoms with van der Waals surface area (Å²) in [5, 5.41) is 9.15. The van der Waals surface area contributed by atoms with Crippen LogP contribution in [0.15, 0.2) is 36.7 Å². The molecule has 0 N–H and O–H groups in total. The quantitative estimate of drug-likeness (QED) is 0.576. The lowest BCUT2D eigenvalue weighted by Gasteiger charge is -2.22. The topological polar surface area (TPSA) is 57.8 Å². The molecule has 0 unspecified atom stereocenters. The van der Waals surface area contributed by atoms with Crippen LogP contribution in [-0.4, -0.2) is 37.8 Å². The summed E-state index contributed by atoms with van der Waals surface area (Å²) in [6.07, 6.45) is 3.87. The zero-order valence-electron chi connectivity index (χ0n) is 17.1. The van der Waals surface area contributed by atoms with Gasteiger partial charge in [-0.25, -0.2) is 9.67 Å². The van der Waals surface area contributed by atoms with E-state index in [-0.39, 0.29) is 6.42 Å². The number of alkyl halides is 3. The van der Waals surface area contributed by atoms with Gasteiger partial charge in [-0.2, -0.15) is 23.4 Å². The third-order valence-corrected chi connectivity index (χ3v) is 5.88. The van der Waals surface area contributed by atoms with Gasteiger partial charge in [0, 0.05) is 32.4 Å². The summed E-state index contributed by atoms with van der Waals surface area (Å²) in [6, 6.07) is 5.82. The smallest absolute Gasteiger partial charge is 0.381 e. The molecule has 2 fully saturated rings. The van der Waals surface area contributed by atoms with E-state index in [1.54, 1.807) is 12.3 Å².